The SMILES string of the molecule is CN(CC(=O)C1CC1)Cc1cccc(F)c1. The predicted molar refractivity (Wildman–Crippen MR) is 60.5 cm³/mol. The highest BCUT2D eigenvalue weighted by molar-refractivity contribution is 5.84. The topological polar surface area (TPSA) is 20.3 Å². The third kappa shape index (κ3) is 3.14. The summed E-state index contributed by atoms with van der Waals surface area (Å²) in [5, 5.41) is 0. The minimum Gasteiger partial charge on any atom is -0.298 e. The van der Waals surface area contributed by atoms with Gasteiger partial charge in [0, 0.05) is 12.5 Å². The number of rotatable bonds is 5. The molecule has 0 atom stereocenters. The summed E-state index contributed by atoms with van der Waals surface area (Å²) in [5.41, 5.74) is 0.908. The summed E-state index contributed by atoms with van der Waals surface area (Å²) in [7, 11) is 1.89. The minimum absolute atomic E-state index is 0.223. The summed E-state index contributed by atoms with van der Waals surface area (Å²) in [5.74, 6) is 0.397. The molecule has 1 aromatic rings. The van der Waals surface area contributed by atoms with Crippen molar-refractivity contribution in [2.75, 3.05) is 13.6 Å². The average Bonchev–Trinajstić information content (AvgIpc) is 2.99. The summed E-state index contributed by atoms with van der Waals surface area (Å²) in [6, 6.07) is 6.51. The Morgan fingerprint density at radius 3 is 2.88 bits per heavy atom. The molecule has 1 saturated carbocycles. The van der Waals surface area contributed by atoms with Crippen molar-refractivity contribution in [2.45, 2.75) is 19.4 Å². The van der Waals surface area contributed by atoms with Crippen LogP contribution in [0.3, 0.4) is 0 Å². The zero-order valence-corrected chi connectivity index (χ0v) is 9.45. The molecule has 0 amide bonds. The van der Waals surface area contributed by atoms with Crippen molar-refractivity contribution in [1.82, 2.24) is 4.90 Å². The average molecular weight is 221 g/mol. The molecule has 0 N–H and O–H groups in total. The second kappa shape index (κ2) is 4.74. The lowest BCUT2D eigenvalue weighted by Crippen LogP contribution is -2.26. The van der Waals surface area contributed by atoms with E-state index in [1.165, 1.54) is 12.1 Å². The van der Waals surface area contributed by atoms with Crippen molar-refractivity contribution < 1.29 is 9.18 Å². The maximum Gasteiger partial charge on any atom is 0.149 e. The lowest BCUT2D eigenvalue weighted by Gasteiger charge is -2.15. The van der Waals surface area contributed by atoms with E-state index in [-0.39, 0.29) is 5.82 Å². The summed E-state index contributed by atoms with van der Waals surface area (Å²) in [6.07, 6.45) is 2.10. The summed E-state index contributed by atoms with van der Waals surface area (Å²) in [4.78, 5) is 13.5. The molecule has 0 spiro atoms. The molecule has 0 saturated heterocycles. The molecule has 1 aromatic carbocycles. The van der Waals surface area contributed by atoms with Gasteiger partial charge in [0.15, 0.2) is 0 Å². The van der Waals surface area contributed by atoms with Crippen LogP contribution in [0.1, 0.15) is 18.4 Å². The summed E-state index contributed by atoms with van der Waals surface area (Å²) >= 11 is 0. The minimum atomic E-state index is -0.223. The molecule has 2 rings (SSSR count). The van der Waals surface area contributed by atoms with Gasteiger partial charge in [-0.2, -0.15) is 0 Å². The highest BCUT2D eigenvalue weighted by Crippen LogP contribution is 2.29. The zero-order valence-electron chi connectivity index (χ0n) is 9.45. The first-order valence-corrected chi connectivity index (χ1v) is 5.61. The van der Waals surface area contributed by atoms with Crippen molar-refractivity contribution in [2.24, 2.45) is 5.92 Å². The largest absolute Gasteiger partial charge is 0.298 e. The van der Waals surface area contributed by atoms with Crippen molar-refractivity contribution in [3.05, 3.63) is 35.6 Å². The number of likely N-dealkylation sites (N-methyl/N-ethyl adjacent to an activating group) is 1. The van der Waals surface area contributed by atoms with Gasteiger partial charge in [0.2, 0.25) is 0 Å². The summed E-state index contributed by atoms with van der Waals surface area (Å²) < 4.78 is 12.9. The van der Waals surface area contributed by atoms with Gasteiger partial charge in [0.05, 0.1) is 6.54 Å². The van der Waals surface area contributed by atoms with Crippen molar-refractivity contribution in [3.8, 4) is 0 Å². The molecule has 1 aliphatic rings. The third-order valence-electron chi connectivity index (χ3n) is 2.80. The fourth-order valence-corrected chi connectivity index (χ4v) is 1.80. The van der Waals surface area contributed by atoms with Crippen LogP contribution in [0, 0.1) is 11.7 Å². The lowest BCUT2D eigenvalue weighted by molar-refractivity contribution is -0.121. The maximum atomic E-state index is 12.9. The van der Waals surface area contributed by atoms with Crippen molar-refractivity contribution >= 4 is 5.78 Å². The second-order valence-electron chi connectivity index (χ2n) is 4.54. The summed E-state index contributed by atoms with van der Waals surface area (Å²) in [6.45, 7) is 1.09. The van der Waals surface area contributed by atoms with E-state index in [1.807, 2.05) is 18.0 Å². The van der Waals surface area contributed by atoms with Gasteiger partial charge >= 0.3 is 0 Å². The van der Waals surface area contributed by atoms with Crippen LogP contribution >= 0.6 is 0 Å². The van der Waals surface area contributed by atoms with Gasteiger partial charge in [-0.25, -0.2) is 4.39 Å². The third-order valence-corrected chi connectivity index (χ3v) is 2.80. The number of benzene rings is 1. The van der Waals surface area contributed by atoms with Crippen molar-refractivity contribution in [3.63, 3.8) is 0 Å². The monoisotopic (exact) mass is 221 g/mol. The number of carbonyl (C=O) groups is 1. The van der Waals surface area contributed by atoms with Crippen LogP contribution < -0.4 is 0 Å². The van der Waals surface area contributed by atoms with E-state index in [1.54, 1.807) is 6.07 Å². The Labute approximate surface area is 95.1 Å². The second-order valence-corrected chi connectivity index (χ2v) is 4.54. The molecule has 86 valence electrons. The Morgan fingerprint density at radius 1 is 1.50 bits per heavy atom. The fourth-order valence-electron chi connectivity index (χ4n) is 1.80. The highest BCUT2D eigenvalue weighted by Gasteiger charge is 2.29. The molecule has 2 nitrogen and oxygen atoms in total. The number of hydrogen-bond donors (Lipinski definition) is 0. The van der Waals surface area contributed by atoms with Gasteiger partial charge < -0.3 is 0 Å². The predicted octanol–water partition coefficient (Wildman–Crippen LogP) is 2.24. The number of ketones is 1. The van der Waals surface area contributed by atoms with E-state index in [2.05, 4.69) is 0 Å². The van der Waals surface area contributed by atoms with E-state index in [4.69, 9.17) is 0 Å². The molecular formula is C13H16FNO. The molecule has 0 aliphatic heterocycles. The van der Waals surface area contributed by atoms with Gasteiger partial charge in [-0.15, -0.1) is 0 Å². The number of nitrogens with zero attached hydrogens (tertiary/aromatic N) is 1. The molecule has 0 heterocycles. The molecule has 3 heteroatoms. The van der Waals surface area contributed by atoms with E-state index < -0.39 is 0 Å². The molecule has 0 bridgehead atoms. The Bertz CT molecular complexity index is 387. The van der Waals surface area contributed by atoms with E-state index >= 15 is 0 Å². The highest BCUT2D eigenvalue weighted by atomic mass is 19.1. The molecule has 0 aromatic heterocycles. The first kappa shape index (κ1) is 11.3. The molecule has 1 fully saturated rings. The van der Waals surface area contributed by atoms with Gasteiger partial charge in [-0.3, -0.25) is 9.69 Å². The number of carbonyl (C=O) groups excluding carboxylic acids is 1. The van der Waals surface area contributed by atoms with Crippen LogP contribution in [0.4, 0.5) is 4.39 Å². The lowest BCUT2D eigenvalue weighted by atomic mass is 10.2. The van der Waals surface area contributed by atoms with Crippen LogP contribution in [-0.2, 0) is 11.3 Å². The van der Waals surface area contributed by atoms with Crippen LogP contribution in [0.5, 0.6) is 0 Å². The van der Waals surface area contributed by atoms with E-state index in [9.17, 15) is 9.18 Å². The van der Waals surface area contributed by atoms with Crippen LogP contribution in [-0.4, -0.2) is 24.3 Å². The smallest absolute Gasteiger partial charge is 0.149 e. The van der Waals surface area contributed by atoms with Gasteiger partial charge in [-0.1, -0.05) is 12.1 Å². The van der Waals surface area contributed by atoms with E-state index in [0.29, 0.717) is 24.8 Å². The standard InChI is InChI=1S/C13H16FNO/c1-15(9-13(16)11-5-6-11)8-10-3-2-4-12(14)7-10/h2-4,7,11H,5-6,8-9H2,1H3. The molecular weight excluding hydrogens is 205 g/mol. The number of hydrogen-bond acceptors (Lipinski definition) is 2. The molecule has 1 aliphatic carbocycles. The Balaban J connectivity index is 1.86. The van der Waals surface area contributed by atoms with Crippen LogP contribution in [0.2, 0.25) is 0 Å². The first-order chi connectivity index (χ1) is 7.65. The maximum absolute atomic E-state index is 12.9. The number of Topliss-reactive ketones (excluding diaryl/α,β-unsaturated/α-hetero) is 1. The van der Waals surface area contributed by atoms with Crippen LogP contribution in [0.25, 0.3) is 0 Å². The normalized spacial score (nSPS) is 15.4. The Hall–Kier alpha value is -1.22. The number of halogens is 1. The van der Waals surface area contributed by atoms with Gasteiger partial charge in [0.25, 0.3) is 0 Å². The molecule has 0 unspecified atom stereocenters. The van der Waals surface area contributed by atoms with Gasteiger partial charge in [-0.05, 0) is 37.6 Å². The molecule has 16 heavy (non-hydrogen) atoms. The zero-order chi connectivity index (χ0) is 11.5. The Kier molecular flexibility index (Phi) is 3.34. The van der Waals surface area contributed by atoms with Crippen molar-refractivity contribution in [1.29, 1.82) is 0 Å². The Morgan fingerprint density at radius 2 is 2.25 bits per heavy atom. The van der Waals surface area contributed by atoms with E-state index in [0.717, 1.165) is 18.4 Å². The van der Waals surface area contributed by atoms with Crippen LogP contribution in [0.15, 0.2) is 24.3 Å². The first-order valence-electron chi connectivity index (χ1n) is 5.61. The molecule has 0 radical (unpaired) electrons. The quantitative estimate of drug-likeness (QED) is 0.760. The van der Waals surface area contributed by atoms with Gasteiger partial charge in [0.1, 0.15) is 11.6 Å². The fraction of sp³-hybridized carbons (Fsp3) is 0.462.